The molecule has 3 N–H and O–H groups in total. The van der Waals surface area contributed by atoms with Crippen LogP contribution in [0.3, 0.4) is 0 Å². The molecule has 3 amide bonds. The Kier molecular flexibility index (Phi) is 9.36. The monoisotopic (exact) mass is 313 g/mol. The maximum atomic E-state index is 11.9. The highest BCUT2D eigenvalue weighted by Gasteiger charge is 2.36. The number of hydrogen-bond donors (Lipinski definition) is 3. The number of rotatable bonds is 10. The summed E-state index contributed by atoms with van der Waals surface area (Å²) in [4.78, 5) is 35.7. The van der Waals surface area contributed by atoms with E-state index in [-0.39, 0.29) is 35.9 Å². The lowest BCUT2D eigenvalue weighted by molar-refractivity contribution is -0.119. The molecule has 0 aliphatic rings. The average Bonchev–Trinajstić information content (AvgIpc) is 2.39. The van der Waals surface area contributed by atoms with E-state index in [1.807, 2.05) is 20.8 Å². The summed E-state index contributed by atoms with van der Waals surface area (Å²) in [7, 11) is -2.54. The average molecular weight is 313 g/mol. The Bertz CT molecular complexity index is 335. The van der Waals surface area contributed by atoms with Crippen LogP contribution >= 0.6 is 0 Å². The van der Waals surface area contributed by atoms with Crippen LogP contribution in [0.2, 0.25) is 18.1 Å². The standard InChI is InChI=1S/C14H27N3O3Si/c1-5-15-12(18)9-21(8-4,10-13(19)16-6-2)11-14(20)17-7-3/h8H,4-7,9-11H2,1-3H3,(H,15,18)(H,16,19)(H,17,20). The van der Waals surface area contributed by atoms with Crippen molar-refractivity contribution < 1.29 is 14.4 Å². The molecule has 0 fully saturated rings. The summed E-state index contributed by atoms with van der Waals surface area (Å²) >= 11 is 0. The van der Waals surface area contributed by atoms with Gasteiger partial charge in [-0.3, -0.25) is 14.4 Å². The second-order valence-electron chi connectivity index (χ2n) is 4.96. The van der Waals surface area contributed by atoms with Gasteiger partial charge in [-0.05, 0) is 20.8 Å². The molecule has 0 aliphatic heterocycles. The first-order chi connectivity index (χ1) is 9.92. The highest BCUT2D eigenvalue weighted by Crippen LogP contribution is 2.22. The molecule has 0 saturated heterocycles. The van der Waals surface area contributed by atoms with E-state index in [1.165, 1.54) is 0 Å². The van der Waals surface area contributed by atoms with Crippen molar-refractivity contribution in [2.45, 2.75) is 38.9 Å². The molecule has 0 bridgehead atoms. The maximum absolute atomic E-state index is 11.9. The van der Waals surface area contributed by atoms with Crippen molar-refractivity contribution in [2.75, 3.05) is 19.6 Å². The third kappa shape index (κ3) is 7.65. The lowest BCUT2D eigenvalue weighted by atomic mass is 10.6. The van der Waals surface area contributed by atoms with Crippen LogP contribution in [0.1, 0.15) is 20.8 Å². The molecule has 21 heavy (non-hydrogen) atoms. The number of carbonyl (C=O) groups excluding carboxylic acids is 3. The van der Waals surface area contributed by atoms with Crippen LogP contribution in [0.25, 0.3) is 0 Å². The summed E-state index contributed by atoms with van der Waals surface area (Å²) in [5.41, 5.74) is 1.69. The van der Waals surface area contributed by atoms with Gasteiger partial charge >= 0.3 is 0 Å². The molecule has 6 nitrogen and oxygen atoms in total. The van der Waals surface area contributed by atoms with Crippen LogP contribution in [0, 0.1) is 0 Å². The SMILES string of the molecule is C=C[Si](CC(=O)NCC)(CC(=O)NCC)CC(=O)NCC. The Hall–Kier alpha value is -1.63. The second-order valence-corrected chi connectivity index (χ2v) is 9.15. The Morgan fingerprint density at radius 2 is 1.10 bits per heavy atom. The molecule has 0 aromatic carbocycles. The topological polar surface area (TPSA) is 87.3 Å². The maximum Gasteiger partial charge on any atom is 0.217 e. The number of nitrogens with one attached hydrogen (secondary N) is 3. The van der Waals surface area contributed by atoms with E-state index in [2.05, 4.69) is 22.5 Å². The van der Waals surface area contributed by atoms with Crippen LogP contribution in [-0.4, -0.2) is 45.4 Å². The van der Waals surface area contributed by atoms with E-state index in [4.69, 9.17) is 0 Å². The predicted octanol–water partition coefficient (Wildman–Crippen LogP) is 0.569. The number of carbonyl (C=O) groups is 3. The van der Waals surface area contributed by atoms with Crippen molar-refractivity contribution in [3.05, 3.63) is 12.3 Å². The molecule has 0 aromatic rings. The zero-order valence-corrected chi connectivity index (χ0v) is 14.3. The van der Waals surface area contributed by atoms with Crippen LogP contribution in [0.4, 0.5) is 0 Å². The highest BCUT2D eigenvalue weighted by molar-refractivity contribution is 6.90. The van der Waals surface area contributed by atoms with E-state index in [1.54, 1.807) is 5.70 Å². The lowest BCUT2D eigenvalue weighted by Gasteiger charge is -2.26. The molecular formula is C14H27N3O3Si. The molecule has 0 aliphatic carbocycles. The molecule has 0 unspecified atom stereocenters. The van der Waals surface area contributed by atoms with E-state index < -0.39 is 8.07 Å². The van der Waals surface area contributed by atoms with Crippen molar-refractivity contribution in [1.82, 2.24) is 16.0 Å². The van der Waals surface area contributed by atoms with Gasteiger partial charge in [0.1, 0.15) is 8.07 Å². The smallest absolute Gasteiger partial charge is 0.217 e. The quantitative estimate of drug-likeness (QED) is 0.515. The van der Waals surface area contributed by atoms with Crippen molar-refractivity contribution in [3.63, 3.8) is 0 Å². The molecule has 7 heteroatoms. The summed E-state index contributed by atoms with van der Waals surface area (Å²) in [6.45, 7) is 10.9. The molecule has 0 aromatic heterocycles. The fourth-order valence-corrected chi connectivity index (χ4v) is 5.24. The lowest BCUT2D eigenvalue weighted by Crippen LogP contribution is -2.46. The number of amides is 3. The minimum absolute atomic E-state index is 0.127. The van der Waals surface area contributed by atoms with E-state index in [9.17, 15) is 14.4 Å². The normalized spacial score (nSPS) is 10.6. The highest BCUT2D eigenvalue weighted by atomic mass is 28.3. The minimum atomic E-state index is -2.54. The Morgan fingerprint density at radius 1 is 0.810 bits per heavy atom. The summed E-state index contributed by atoms with van der Waals surface area (Å²) in [6, 6.07) is 0.621. The van der Waals surface area contributed by atoms with Gasteiger partial charge in [-0.25, -0.2) is 0 Å². The summed E-state index contributed by atoms with van der Waals surface area (Å²) < 4.78 is 0. The third-order valence-corrected chi connectivity index (χ3v) is 7.03. The predicted molar refractivity (Wildman–Crippen MR) is 86.4 cm³/mol. The van der Waals surface area contributed by atoms with Gasteiger partial charge in [0.05, 0.1) is 0 Å². The van der Waals surface area contributed by atoms with Gasteiger partial charge in [-0.1, -0.05) is 5.70 Å². The fraction of sp³-hybridized carbons (Fsp3) is 0.643. The van der Waals surface area contributed by atoms with Crippen LogP contribution in [-0.2, 0) is 14.4 Å². The van der Waals surface area contributed by atoms with Crippen molar-refractivity contribution in [3.8, 4) is 0 Å². The first-order valence-electron chi connectivity index (χ1n) is 7.36. The zero-order valence-electron chi connectivity index (χ0n) is 13.3. The third-order valence-electron chi connectivity index (χ3n) is 3.09. The van der Waals surface area contributed by atoms with Crippen LogP contribution < -0.4 is 16.0 Å². The second kappa shape index (κ2) is 10.1. The van der Waals surface area contributed by atoms with Crippen molar-refractivity contribution in [2.24, 2.45) is 0 Å². The van der Waals surface area contributed by atoms with Gasteiger partial charge < -0.3 is 16.0 Å². The van der Waals surface area contributed by atoms with Crippen LogP contribution in [0.5, 0.6) is 0 Å². The van der Waals surface area contributed by atoms with Gasteiger partial charge in [-0.15, -0.1) is 6.58 Å². The van der Waals surface area contributed by atoms with Crippen molar-refractivity contribution in [1.29, 1.82) is 0 Å². The van der Waals surface area contributed by atoms with Gasteiger partial charge in [0.15, 0.2) is 0 Å². The summed E-state index contributed by atoms with van der Waals surface area (Å²) in [5, 5.41) is 8.19. The van der Waals surface area contributed by atoms with Crippen LogP contribution in [0.15, 0.2) is 12.3 Å². The molecule has 0 rings (SSSR count). The van der Waals surface area contributed by atoms with Gasteiger partial charge in [0.2, 0.25) is 17.7 Å². The Morgan fingerprint density at radius 3 is 1.29 bits per heavy atom. The molecule has 0 spiro atoms. The molecule has 0 saturated carbocycles. The summed E-state index contributed by atoms with van der Waals surface area (Å²) in [5.74, 6) is -0.381. The zero-order chi connectivity index (χ0) is 16.3. The Labute approximate surface area is 127 Å². The fourth-order valence-electron chi connectivity index (χ4n) is 2.14. The minimum Gasteiger partial charge on any atom is -0.357 e. The first-order valence-corrected chi connectivity index (χ1v) is 10.1. The number of hydrogen-bond acceptors (Lipinski definition) is 3. The molecular weight excluding hydrogens is 286 g/mol. The molecule has 120 valence electrons. The van der Waals surface area contributed by atoms with E-state index >= 15 is 0 Å². The Balaban J connectivity index is 5.07. The first kappa shape index (κ1) is 19.4. The van der Waals surface area contributed by atoms with Gasteiger partial charge in [0, 0.05) is 37.8 Å². The molecule has 0 heterocycles. The van der Waals surface area contributed by atoms with Gasteiger partial charge in [-0.2, -0.15) is 0 Å². The van der Waals surface area contributed by atoms with E-state index in [0.717, 1.165) is 0 Å². The summed E-state index contributed by atoms with van der Waals surface area (Å²) in [6.07, 6.45) is 0. The molecule has 0 radical (unpaired) electrons. The van der Waals surface area contributed by atoms with Crippen molar-refractivity contribution >= 4 is 25.8 Å². The van der Waals surface area contributed by atoms with Gasteiger partial charge in [0.25, 0.3) is 0 Å². The molecule has 0 atom stereocenters. The van der Waals surface area contributed by atoms with E-state index in [0.29, 0.717) is 19.6 Å². The largest absolute Gasteiger partial charge is 0.357 e.